The summed E-state index contributed by atoms with van der Waals surface area (Å²) >= 11 is 0. The summed E-state index contributed by atoms with van der Waals surface area (Å²) in [5, 5.41) is 11.8. The van der Waals surface area contributed by atoms with Crippen molar-refractivity contribution in [1.82, 2.24) is 15.1 Å². The van der Waals surface area contributed by atoms with Gasteiger partial charge in [-0.1, -0.05) is 0 Å². The van der Waals surface area contributed by atoms with E-state index < -0.39 is 30.0 Å². The Morgan fingerprint density at radius 2 is 1.61 bits per heavy atom. The number of nitrogens with one attached hydrogen (secondary N) is 1. The lowest BCUT2D eigenvalue weighted by molar-refractivity contribution is -0.149. The van der Waals surface area contributed by atoms with Crippen LogP contribution in [0.4, 0.5) is 0 Å². The molecule has 8 nitrogen and oxygen atoms in total. The number of carboxylic acids is 1. The number of carbonyl (C=O) groups is 4. The van der Waals surface area contributed by atoms with Crippen LogP contribution in [0.1, 0.15) is 39.5 Å². The normalized spacial score (nSPS) is 25.3. The van der Waals surface area contributed by atoms with E-state index in [1.807, 2.05) is 0 Å². The molecule has 2 saturated heterocycles. The molecule has 3 atom stereocenters. The van der Waals surface area contributed by atoms with E-state index in [2.05, 4.69) is 5.32 Å². The maximum Gasteiger partial charge on any atom is 0.326 e. The molecule has 0 aromatic rings. The Hall–Kier alpha value is -2.12. The summed E-state index contributed by atoms with van der Waals surface area (Å²) in [6, 6.07) is -2.17. The first-order valence-corrected chi connectivity index (χ1v) is 7.93. The maximum absolute atomic E-state index is 12.4. The summed E-state index contributed by atoms with van der Waals surface area (Å²) in [7, 11) is 0. The molecule has 3 unspecified atom stereocenters. The van der Waals surface area contributed by atoms with E-state index in [9.17, 15) is 19.2 Å². The zero-order valence-electron chi connectivity index (χ0n) is 13.4. The van der Waals surface area contributed by atoms with E-state index in [4.69, 9.17) is 5.11 Å². The van der Waals surface area contributed by atoms with Gasteiger partial charge in [0.2, 0.25) is 17.7 Å². The van der Waals surface area contributed by atoms with Crippen LogP contribution < -0.4 is 5.32 Å². The summed E-state index contributed by atoms with van der Waals surface area (Å²) in [6.45, 7) is 3.90. The molecule has 0 bridgehead atoms. The van der Waals surface area contributed by atoms with Crippen molar-refractivity contribution in [2.75, 3.05) is 13.1 Å². The van der Waals surface area contributed by atoms with Gasteiger partial charge in [0.25, 0.3) is 0 Å². The van der Waals surface area contributed by atoms with Gasteiger partial charge in [0.05, 0.1) is 0 Å². The van der Waals surface area contributed by atoms with Gasteiger partial charge in [0.15, 0.2) is 0 Å². The van der Waals surface area contributed by atoms with Crippen molar-refractivity contribution in [2.24, 2.45) is 0 Å². The van der Waals surface area contributed by atoms with E-state index in [1.165, 1.54) is 16.7 Å². The van der Waals surface area contributed by atoms with E-state index in [0.29, 0.717) is 32.4 Å². The molecule has 2 N–H and O–H groups in total. The molecule has 2 aliphatic rings. The van der Waals surface area contributed by atoms with Gasteiger partial charge in [-0.3, -0.25) is 14.4 Å². The minimum Gasteiger partial charge on any atom is -0.480 e. The minimum absolute atomic E-state index is 0.160. The molecular formula is C15H23N3O5. The number of amides is 3. The fourth-order valence-electron chi connectivity index (χ4n) is 3.32. The fourth-order valence-corrected chi connectivity index (χ4v) is 3.32. The van der Waals surface area contributed by atoms with Crippen LogP contribution in [0.3, 0.4) is 0 Å². The zero-order valence-corrected chi connectivity index (χ0v) is 13.4. The largest absolute Gasteiger partial charge is 0.480 e. The summed E-state index contributed by atoms with van der Waals surface area (Å²) in [4.78, 5) is 50.2. The average molecular weight is 325 g/mol. The second-order valence-corrected chi connectivity index (χ2v) is 6.13. The standard InChI is InChI=1S/C15H23N3O5/c1-9(14(21)18-8-4-6-12(18)15(22)23)16-13(20)11-5-3-7-17(11)10(2)19/h9,11-12H,3-8H2,1-2H3,(H,16,20)(H,22,23). The Kier molecular flexibility index (Phi) is 5.23. The number of hydrogen-bond acceptors (Lipinski definition) is 4. The van der Waals surface area contributed by atoms with Crippen LogP contribution in [0.2, 0.25) is 0 Å². The van der Waals surface area contributed by atoms with Crippen molar-refractivity contribution >= 4 is 23.7 Å². The van der Waals surface area contributed by atoms with Crippen LogP contribution >= 0.6 is 0 Å². The molecule has 128 valence electrons. The third-order valence-corrected chi connectivity index (χ3v) is 4.51. The fraction of sp³-hybridized carbons (Fsp3) is 0.733. The Balaban J connectivity index is 1.96. The highest BCUT2D eigenvalue weighted by Gasteiger charge is 2.38. The lowest BCUT2D eigenvalue weighted by Crippen LogP contribution is -2.54. The number of nitrogens with zero attached hydrogens (tertiary/aromatic N) is 2. The topological polar surface area (TPSA) is 107 Å². The van der Waals surface area contributed by atoms with Crippen LogP contribution in [0.25, 0.3) is 0 Å². The Labute approximate surface area is 134 Å². The third kappa shape index (κ3) is 3.62. The second-order valence-electron chi connectivity index (χ2n) is 6.13. The van der Waals surface area contributed by atoms with E-state index in [0.717, 1.165) is 6.42 Å². The summed E-state index contributed by atoms with van der Waals surface area (Å²) in [5.74, 6) is -1.93. The molecule has 0 aliphatic carbocycles. The smallest absolute Gasteiger partial charge is 0.326 e. The van der Waals surface area contributed by atoms with E-state index in [1.54, 1.807) is 6.92 Å². The number of carbonyl (C=O) groups excluding carboxylic acids is 3. The number of aliphatic carboxylic acids is 1. The average Bonchev–Trinajstić information content (AvgIpc) is 3.14. The summed E-state index contributed by atoms with van der Waals surface area (Å²) in [6.07, 6.45) is 2.41. The van der Waals surface area contributed by atoms with Crippen molar-refractivity contribution in [1.29, 1.82) is 0 Å². The predicted molar refractivity (Wildman–Crippen MR) is 80.4 cm³/mol. The van der Waals surface area contributed by atoms with Gasteiger partial charge >= 0.3 is 5.97 Å². The van der Waals surface area contributed by atoms with Crippen molar-refractivity contribution in [2.45, 2.75) is 57.7 Å². The first-order valence-electron chi connectivity index (χ1n) is 7.93. The Morgan fingerprint density at radius 3 is 2.17 bits per heavy atom. The Morgan fingerprint density at radius 1 is 1.04 bits per heavy atom. The second kappa shape index (κ2) is 6.97. The van der Waals surface area contributed by atoms with Crippen molar-refractivity contribution in [3.05, 3.63) is 0 Å². The Bertz CT molecular complexity index is 521. The van der Waals surface area contributed by atoms with Gasteiger partial charge in [-0.15, -0.1) is 0 Å². The number of hydrogen-bond donors (Lipinski definition) is 2. The van der Waals surface area contributed by atoms with Crippen LogP contribution in [-0.2, 0) is 19.2 Å². The number of carboxylic acid groups (broad SMARTS) is 1. The minimum atomic E-state index is -1.02. The highest BCUT2D eigenvalue weighted by molar-refractivity contribution is 5.93. The molecule has 3 amide bonds. The molecule has 0 radical (unpaired) electrons. The molecule has 8 heteroatoms. The molecule has 0 aromatic carbocycles. The predicted octanol–water partition coefficient (Wildman–Crippen LogP) is -0.422. The lowest BCUT2D eigenvalue weighted by atomic mass is 10.1. The highest BCUT2D eigenvalue weighted by Crippen LogP contribution is 2.20. The van der Waals surface area contributed by atoms with Crippen molar-refractivity contribution in [3.63, 3.8) is 0 Å². The molecule has 2 aliphatic heterocycles. The van der Waals surface area contributed by atoms with Gasteiger partial charge in [-0.25, -0.2) is 4.79 Å². The third-order valence-electron chi connectivity index (χ3n) is 4.51. The lowest BCUT2D eigenvalue weighted by Gasteiger charge is -2.27. The van der Waals surface area contributed by atoms with Gasteiger partial charge in [0.1, 0.15) is 18.1 Å². The summed E-state index contributed by atoms with van der Waals surface area (Å²) in [5.41, 5.74) is 0. The zero-order chi connectivity index (χ0) is 17.1. The van der Waals surface area contributed by atoms with E-state index in [-0.39, 0.29) is 11.8 Å². The van der Waals surface area contributed by atoms with Gasteiger partial charge in [-0.2, -0.15) is 0 Å². The van der Waals surface area contributed by atoms with Crippen LogP contribution in [0.5, 0.6) is 0 Å². The molecule has 0 aromatic heterocycles. The van der Waals surface area contributed by atoms with Crippen LogP contribution in [-0.4, -0.2) is 69.8 Å². The number of likely N-dealkylation sites (tertiary alicyclic amines) is 2. The van der Waals surface area contributed by atoms with Gasteiger partial charge in [0, 0.05) is 20.0 Å². The maximum atomic E-state index is 12.4. The van der Waals surface area contributed by atoms with Crippen molar-refractivity contribution < 1.29 is 24.3 Å². The van der Waals surface area contributed by atoms with Gasteiger partial charge in [-0.05, 0) is 32.6 Å². The summed E-state index contributed by atoms with van der Waals surface area (Å²) < 4.78 is 0. The van der Waals surface area contributed by atoms with Crippen molar-refractivity contribution in [3.8, 4) is 0 Å². The monoisotopic (exact) mass is 325 g/mol. The van der Waals surface area contributed by atoms with Crippen LogP contribution in [0.15, 0.2) is 0 Å². The highest BCUT2D eigenvalue weighted by atomic mass is 16.4. The van der Waals surface area contributed by atoms with Gasteiger partial charge < -0.3 is 20.2 Å². The SMILES string of the molecule is CC(=O)N1CCCC1C(=O)NC(C)C(=O)N1CCCC1C(=O)O. The molecule has 2 rings (SSSR count). The first-order chi connectivity index (χ1) is 10.8. The number of rotatable bonds is 4. The first kappa shape index (κ1) is 17.2. The molecular weight excluding hydrogens is 302 g/mol. The van der Waals surface area contributed by atoms with E-state index >= 15 is 0 Å². The van der Waals surface area contributed by atoms with Crippen LogP contribution in [0, 0.1) is 0 Å². The molecule has 2 heterocycles. The quantitative estimate of drug-likeness (QED) is 0.730. The molecule has 0 spiro atoms. The molecule has 0 saturated carbocycles. The molecule has 2 fully saturated rings. The molecule has 23 heavy (non-hydrogen) atoms.